The van der Waals surface area contributed by atoms with Gasteiger partial charge < -0.3 is 14.2 Å². The highest BCUT2D eigenvalue weighted by molar-refractivity contribution is 5.85. The minimum Gasteiger partial charge on any atom is -0.490 e. The van der Waals surface area contributed by atoms with Crippen LogP contribution >= 0.6 is 0 Å². The monoisotopic (exact) mass is 418 g/mol. The van der Waals surface area contributed by atoms with E-state index >= 15 is 0 Å². The molecule has 6 heteroatoms. The predicted octanol–water partition coefficient (Wildman–Crippen LogP) is 4.50. The van der Waals surface area contributed by atoms with Crippen LogP contribution in [0.15, 0.2) is 84.0 Å². The van der Waals surface area contributed by atoms with Gasteiger partial charge in [0.2, 0.25) is 0 Å². The molecule has 1 amide bonds. The Hall–Kier alpha value is -3.64. The summed E-state index contributed by atoms with van der Waals surface area (Å²) in [7, 11) is 1.49. The van der Waals surface area contributed by atoms with E-state index in [1.54, 1.807) is 6.21 Å². The highest BCUT2D eigenvalue weighted by Gasteiger charge is 2.19. The van der Waals surface area contributed by atoms with Crippen molar-refractivity contribution in [1.82, 2.24) is 5.43 Å². The van der Waals surface area contributed by atoms with Gasteiger partial charge in [0.15, 0.2) is 17.6 Å². The molecule has 0 aromatic heterocycles. The third kappa shape index (κ3) is 6.42. The number of amides is 1. The maximum absolute atomic E-state index is 12.4. The minimum atomic E-state index is -0.730. The first-order valence-corrected chi connectivity index (χ1v) is 10.1. The summed E-state index contributed by atoms with van der Waals surface area (Å²) in [6.45, 7) is 2.87. The zero-order valence-electron chi connectivity index (χ0n) is 17.7. The SMILES string of the molecule is CCOc1cc(/C=N\NC(=O)[C@H](OC)c2ccccc2)ccc1OCc1ccccc1. The van der Waals surface area contributed by atoms with Crippen molar-refractivity contribution in [2.24, 2.45) is 5.10 Å². The third-order valence-electron chi connectivity index (χ3n) is 4.47. The van der Waals surface area contributed by atoms with Crippen LogP contribution in [0.5, 0.6) is 11.5 Å². The molecular formula is C25H26N2O4. The average molecular weight is 418 g/mol. The molecule has 0 spiro atoms. The summed E-state index contributed by atoms with van der Waals surface area (Å²) < 4.78 is 16.9. The molecule has 0 aliphatic heterocycles. The molecule has 3 rings (SSSR count). The van der Waals surface area contributed by atoms with E-state index in [4.69, 9.17) is 14.2 Å². The molecule has 3 aromatic rings. The number of hydrogen-bond donors (Lipinski definition) is 1. The summed E-state index contributed by atoms with van der Waals surface area (Å²) >= 11 is 0. The molecule has 6 nitrogen and oxygen atoms in total. The van der Waals surface area contributed by atoms with E-state index in [1.807, 2.05) is 85.8 Å². The van der Waals surface area contributed by atoms with Crippen molar-refractivity contribution in [1.29, 1.82) is 0 Å². The van der Waals surface area contributed by atoms with E-state index in [1.165, 1.54) is 7.11 Å². The summed E-state index contributed by atoms with van der Waals surface area (Å²) in [5.41, 5.74) is 5.13. The Labute approximate surface area is 182 Å². The van der Waals surface area contributed by atoms with Crippen LogP contribution in [0.4, 0.5) is 0 Å². The maximum Gasteiger partial charge on any atom is 0.273 e. The molecule has 0 heterocycles. The van der Waals surface area contributed by atoms with Crippen LogP contribution in [0.25, 0.3) is 0 Å². The Morgan fingerprint density at radius 2 is 1.68 bits per heavy atom. The molecule has 3 aromatic carbocycles. The van der Waals surface area contributed by atoms with Crippen molar-refractivity contribution in [3.8, 4) is 11.5 Å². The van der Waals surface area contributed by atoms with Crippen molar-refractivity contribution in [3.63, 3.8) is 0 Å². The van der Waals surface area contributed by atoms with Gasteiger partial charge in [0.1, 0.15) is 6.61 Å². The van der Waals surface area contributed by atoms with Gasteiger partial charge in [-0.2, -0.15) is 5.10 Å². The Balaban J connectivity index is 1.64. The van der Waals surface area contributed by atoms with E-state index in [0.717, 1.165) is 16.7 Å². The molecule has 0 radical (unpaired) electrons. The number of nitrogens with zero attached hydrogens (tertiary/aromatic N) is 1. The van der Waals surface area contributed by atoms with Gasteiger partial charge in [-0.15, -0.1) is 0 Å². The molecule has 31 heavy (non-hydrogen) atoms. The van der Waals surface area contributed by atoms with E-state index in [2.05, 4.69) is 10.5 Å². The van der Waals surface area contributed by atoms with Crippen LogP contribution in [-0.4, -0.2) is 25.8 Å². The maximum atomic E-state index is 12.4. The highest BCUT2D eigenvalue weighted by atomic mass is 16.5. The fourth-order valence-corrected chi connectivity index (χ4v) is 2.98. The molecule has 0 aliphatic carbocycles. The van der Waals surface area contributed by atoms with Crippen LogP contribution in [0.1, 0.15) is 29.7 Å². The number of carbonyl (C=O) groups excluding carboxylic acids is 1. The second-order valence-electron chi connectivity index (χ2n) is 6.67. The van der Waals surface area contributed by atoms with E-state index in [-0.39, 0.29) is 5.91 Å². The molecule has 0 saturated heterocycles. The van der Waals surface area contributed by atoms with E-state index < -0.39 is 6.10 Å². The van der Waals surface area contributed by atoms with Gasteiger partial charge in [-0.05, 0) is 41.8 Å². The molecule has 0 unspecified atom stereocenters. The van der Waals surface area contributed by atoms with Crippen molar-refractivity contribution in [3.05, 3.63) is 95.6 Å². The predicted molar refractivity (Wildman–Crippen MR) is 120 cm³/mol. The molecule has 1 N–H and O–H groups in total. The quantitative estimate of drug-likeness (QED) is 0.389. The molecule has 0 saturated carbocycles. The first-order valence-electron chi connectivity index (χ1n) is 10.1. The lowest BCUT2D eigenvalue weighted by Gasteiger charge is -2.14. The number of hydrazone groups is 1. The zero-order valence-corrected chi connectivity index (χ0v) is 17.7. The third-order valence-corrected chi connectivity index (χ3v) is 4.47. The number of benzene rings is 3. The molecular weight excluding hydrogens is 392 g/mol. The van der Waals surface area contributed by atoms with Crippen LogP contribution in [0.3, 0.4) is 0 Å². The second kappa shape index (κ2) is 11.5. The van der Waals surface area contributed by atoms with Crippen molar-refractivity contribution >= 4 is 12.1 Å². The van der Waals surface area contributed by atoms with Gasteiger partial charge in [-0.1, -0.05) is 60.7 Å². The minimum absolute atomic E-state index is 0.349. The average Bonchev–Trinajstić information content (AvgIpc) is 2.81. The number of hydrogen-bond acceptors (Lipinski definition) is 5. The summed E-state index contributed by atoms with van der Waals surface area (Å²) in [5.74, 6) is 0.918. The summed E-state index contributed by atoms with van der Waals surface area (Å²) in [5, 5.41) is 4.06. The Bertz CT molecular complexity index is 991. The number of ether oxygens (including phenoxy) is 3. The molecule has 0 fully saturated rings. The van der Waals surface area contributed by atoms with E-state index in [0.29, 0.717) is 24.7 Å². The smallest absolute Gasteiger partial charge is 0.273 e. The van der Waals surface area contributed by atoms with Crippen LogP contribution in [0.2, 0.25) is 0 Å². The van der Waals surface area contributed by atoms with Gasteiger partial charge >= 0.3 is 0 Å². The summed E-state index contributed by atoms with van der Waals surface area (Å²) in [6.07, 6.45) is 0.824. The highest BCUT2D eigenvalue weighted by Crippen LogP contribution is 2.29. The second-order valence-corrected chi connectivity index (χ2v) is 6.67. The fourth-order valence-electron chi connectivity index (χ4n) is 2.98. The Kier molecular flexibility index (Phi) is 8.20. The summed E-state index contributed by atoms with van der Waals surface area (Å²) in [4.78, 5) is 12.4. The first kappa shape index (κ1) is 22.1. The van der Waals surface area contributed by atoms with Gasteiger partial charge in [0.25, 0.3) is 5.91 Å². The Morgan fingerprint density at radius 1 is 0.968 bits per heavy atom. The number of rotatable bonds is 10. The number of carbonyl (C=O) groups is 1. The molecule has 160 valence electrons. The standard InChI is InChI=1S/C25H26N2O4/c1-3-30-23-16-20(14-15-22(23)31-18-19-10-6-4-7-11-19)17-26-27-25(28)24(29-2)21-12-8-5-9-13-21/h4-17,24H,3,18H2,1-2H3,(H,27,28)/b26-17-/t24-/m1/s1. The van der Waals surface area contributed by atoms with Crippen LogP contribution in [-0.2, 0) is 16.1 Å². The van der Waals surface area contributed by atoms with Crippen molar-refractivity contribution in [2.75, 3.05) is 13.7 Å². The lowest BCUT2D eigenvalue weighted by atomic mass is 10.1. The molecule has 0 aliphatic rings. The number of nitrogens with one attached hydrogen (secondary N) is 1. The fraction of sp³-hybridized carbons (Fsp3) is 0.200. The van der Waals surface area contributed by atoms with Gasteiger partial charge in [0.05, 0.1) is 12.8 Å². The van der Waals surface area contributed by atoms with Crippen LogP contribution in [0, 0.1) is 0 Å². The van der Waals surface area contributed by atoms with Crippen molar-refractivity contribution in [2.45, 2.75) is 19.6 Å². The van der Waals surface area contributed by atoms with Crippen LogP contribution < -0.4 is 14.9 Å². The van der Waals surface area contributed by atoms with E-state index in [9.17, 15) is 4.79 Å². The van der Waals surface area contributed by atoms with Gasteiger partial charge in [-0.25, -0.2) is 5.43 Å². The Morgan fingerprint density at radius 3 is 2.35 bits per heavy atom. The molecule has 1 atom stereocenters. The van der Waals surface area contributed by atoms with Gasteiger partial charge in [-0.3, -0.25) is 4.79 Å². The number of methoxy groups -OCH3 is 1. The topological polar surface area (TPSA) is 69.2 Å². The normalized spacial score (nSPS) is 11.8. The first-order chi connectivity index (χ1) is 15.2. The molecule has 0 bridgehead atoms. The zero-order chi connectivity index (χ0) is 21.9. The summed E-state index contributed by atoms with van der Waals surface area (Å²) in [6, 6.07) is 24.7. The largest absolute Gasteiger partial charge is 0.490 e. The lowest BCUT2D eigenvalue weighted by molar-refractivity contribution is -0.131. The lowest BCUT2D eigenvalue weighted by Crippen LogP contribution is -2.26. The van der Waals surface area contributed by atoms with Crippen molar-refractivity contribution < 1.29 is 19.0 Å². The van der Waals surface area contributed by atoms with Gasteiger partial charge in [0, 0.05) is 7.11 Å².